The topological polar surface area (TPSA) is 26.3 Å². The van der Waals surface area contributed by atoms with Crippen LogP contribution in [0.15, 0.2) is 0 Å². The number of rotatable bonds is 5. The normalized spacial score (nSPS) is 19.1. The Labute approximate surface area is 111 Å². The van der Waals surface area contributed by atoms with E-state index in [0.717, 1.165) is 0 Å². The number of ether oxygens (including phenoxy) is 1. The second-order valence-corrected chi connectivity index (χ2v) is 21.3. The Morgan fingerprint density at radius 1 is 1.40 bits per heavy atom. The van der Waals surface area contributed by atoms with Crippen molar-refractivity contribution in [2.24, 2.45) is 0 Å². The molecule has 0 radical (unpaired) electrons. The summed E-state index contributed by atoms with van der Waals surface area (Å²) in [6, 6.07) is 0. The van der Waals surface area contributed by atoms with Gasteiger partial charge in [0.25, 0.3) is 0 Å². The summed E-state index contributed by atoms with van der Waals surface area (Å²) in [6.45, 7) is 4.99. The first kappa shape index (κ1) is 16.4. The molecule has 0 N–H and O–H groups in total. The van der Waals surface area contributed by atoms with Crippen LogP contribution in [0.2, 0.25) is 3.97 Å². The van der Waals surface area contributed by atoms with E-state index < -0.39 is 26.9 Å². The molecule has 2 nitrogen and oxygen atoms in total. The van der Waals surface area contributed by atoms with Crippen LogP contribution in [0.4, 0.5) is 0 Å². The number of esters is 1. The zero-order chi connectivity index (χ0) is 12.2. The van der Waals surface area contributed by atoms with Gasteiger partial charge >= 0.3 is 111 Å². The average molecular weight is 412 g/mol. The van der Waals surface area contributed by atoms with Gasteiger partial charge in [-0.2, -0.15) is 0 Å². The molecule has 0 saturated heterocycles. The fourth-order valence-corrected chi connectivity index (χ4v) is 5.19. The quantitative estimate of drug-likeness (QED) is 0.389. The molecular formula is C8H14Cl4O2Te. The van der Waals surface area contributed by atoms with E-state index in [4.69, 9.17) is 43.2 Å². The van der Waals surface area contributed by atoms with Crippen LogP contribution in [0.3, 0.4) is 0 Å². The first-order valence-corrected chi connectivity index (χ1v) is 15.1. The van der Waals surface area contributed by atoms with Gasteiger partial charge in [-0.3, -0.25) is 0 Å². The van der Waals surface area contributed by atoms with Crippen molar-refractivity contribution in [2.45, 2.75) is 42.6 Å². The Morgan fingerprint density at radius 2 is 1.87 bits per heavy atom. The molecule has 0 aromatic heterocycles. The Balaban J connectivity index is 4.69. The third-order valence-electron chi connectivity index (χ3n) is 1.93. The van der Waals surface area contributed by atoms with Crippen molar-refractivity contribution in [3.05, 3.63) is 0 Å². The zero-order valence-electron chi connectivity index (χ0n) is 8.68. The van der Waals surface area contributed by atoms with Crippen LogP contribution in [0.5, 0.6) is 0 Å². The summed E-state index contributed by atoms with van der Waals surface area (Å²) in [5, 5.41) is -0.314. The minimum absolute atomic E-state index is 0.274. The zero-order valence-corrected chi connectivity index (χ0v) is 14.0. The Bertz CT molecular complexity index is 219. The summed E-state index contributed by atoms with van der Waals surface area (Å²) in [5.41, 5.74) is 0. The second kappa shape index (κ2) is 6.99. The van der Waals surface area contributed by atoms with Crippen LogP contribution < -0.4 is 0 Å². The van der Waals surface area contributed by atoms with Crippen LogP contribution in [0, 0.1) is 0 Å². The van der Waals surface area contributed by atoms with Crippen molar-refractivity contribution in [3.63, 3.8) is 0 Å². The van der Waals surface area contributed by atoms with Crippen molar-refractivity contribution in [2.75, 3.05) is 0 Å². The van der Waals surface area contributed by atoms with Crippen LogP contribution in [0.1, 0.15) is 27.2 Å². The summed E-state index contributed by atoms with van der Waals surface area (Å²) in [4.78, 5) is 10.9. The molecule has 0 spiro atoms. The molecule has 0 aliphatic carbocycles. The van der Waals surface area contributed by atoms with Gasteiger partial charge in [-0.05, 0) is 0 Å². The SMILES string of the molecule is CC[C@@H](Cl)[C@@H](OC(C)=O)[C@H](C)[Te](Cl)(Cl)Cl. The number of hydrogen-bond acceptors (Lipinski definition) is 2. The monoisotopic (exact) mass is 412 g/mol. The van der Waals surface area contributed by atoms with E-state index >= 15 is 0 Å². The number of alkyl halides is 1. The predicted octanol–water partition coefficient (Wildman–Crippen LogP) is 3.98. The van der Waals surface area contributed by atoms with Crippen molar-refractivity contribution in [3.8, 4) is 0 Å². The van der Waals surface area contributed by atoms with Crippen LogP contribution in [-0.2, 0) is 9.53 Å². The second-order valence-electron chi connectivity index (χ2n) is 3.15. The molecule has 0 aliphatic heterocycles. The van der Waals surface area contributed by atoms with Gasteiger partial charge in [0.1, 0.15) is 0 Å². The van der Waals surface area contributed by atoms with Gasteiger partial charge in [0.2, 0.25) is 0 Å². The van der Waals surface area contributed by atoms with Gasteiger partial charge < -0.3 is 0 Å². The van der Waals surface area contributed by atoms with Crippen molar-refractivity contribution in [1.82, 2.24) is 0 Å². The number of carbonyl (C=O) groups is 1. The van der Waals surface area contributed by atoms with E-state index in [1.165, 1.54) is 6.92 Å². The molecule has 0 fully saturated rings. The Morgan fingerprint density at radius 3 is 2.13 bits per heavy atom. The van der Waals surface area contributed by atoms with Gasteiger partial charge in [-0.15, -0.1) is 0 Å². The van der Waals surface area contributed by atoms with Crippen LogP contribution in [-0.4, -0.2) is 32.3 Å². The number of hydrogen-bond donors (Lipinski definition) is 0. The first-order valence-electron chi connectivity index (χ1n) is 4.42. The van der Waals surface area contributed by atoms with E-state index in [9.17, 15) is 4.79 Å². The minimum atomic E-state index is -3.44. The fourth-order valence-electron chi connectivity index (χ4n) is 1.04. The summed E-state index contributed by atoms with van der Waals surface area (Å²) in [5.74, 6) is -0.400. The van der Waals surface area contributed by atoms with Crippen molar-refractivity contribution >= 4 is 59.3 Å². The first-order chi connectivity index (χ1) is 6.70. The van der Waals surface area contributed by atoms with Gasteiger partial charge in [-0.25, -0.2) is 0 Å². The predicted molar refractivity (Wildman–Crippen MR) is 68.2 cm³/mol. The standard InChI is InChI=1S/C8H14Cl4O2Te/c1-4-7(9)8(14-6(3)13)5(2)15(10,11)12/h5,7-8H,4H2,1-3H3/t5-,7+,8-/m0/s1. The van der Waals surface area contributed by atoms with Crippen LogP contribution in [0.25, 0.3) is 0 Å². The van der Waals surface area contributed by atoms with Gasteiger partial charge in [0, 0.05) is 0 Å². The molecular weight excluding hydrogens is 397 g/mol. The van der Waals surface area contributed by atoms with E-state index in [-0.39, 0.29) is 9.34 Å². The number of carbonyl (C=O) groups excluding carboxylic acids is 1. The van der Waals surface area contributed by atoms with Gasteiger partial charge in [-0.1, -0.05) is 0 Å². The van der Waals surface area contributed by atoms with Crippen molar-refractivity contribution in [1.29, 1.82) is 0 Å². The van der Waals surface area contributed by atoms with E-state index in [0.29, 0.717) is 6.42 Å². The molecule has 92 valence electrons. The maximum absolute atomic E-state index is 10.9. The molecule has 0 unspecified atom stereocenters. The Kier molecular flexibility index (Phi) is 7.65. The maximum atomic E-state index is 10.9. The Hall–Kier alpha value is 1.42. The molecule has 0 amide bonds. The molecule has 0 rings (SSSR count). The van der Waals surface area contributed by atoms with E-state index in [1.807, 2.05) is 6.92 Å². The summed E-state index contributed by atoms with van der Waals surface area (Å²) >= 11 is 2.62. The van der Waals surface area contributed by atoms with Crippen molar-refractivity contribution < 1.29 is 9.53 Å². The molecule has 15 heavy (non-hydrogen) atoms. The fraction of sp³-hybridized carbons (Fsp3) is 0.875. The third kappa shape index (κ3) is 6.05. The van der Waals surface area contributed by atoms with Gasteiger partial charge in [0.15, 0.2) is 0 Å². The number of halogens is 4. The molecule has 0 saturated carbocycles. The van der Waals surface area contributed by atoms with Crippen LogP contribution >= 0.6 is 38.5 Å². The summed E-state index contributed by atoms with van der Waals surface area (Å²) in [7, 11) is 17.8. The van der Waals surface area contributed by atoms with E-state index in [1.54, 1.807) is 6.92 Å². The molecule has 3 atom stereocenters. The molecule has 0 heterocycles. The molecule has 0 aromatic carbocycles. The summed E-state index contributed by atoms with van der Waals surface area (Å²) in [6.07, 6.45) is 0.149. The molecule has 0 aliphatic rings. The average Bonchev–Trinajstić information content (AvgIpc) is 2.10. The molecule has 0 bridgehead atoms. The summed E-state index contributed by atoms with van der Waals surface area (Å²) < 4.78 is 4.84. The van der Waals surface area contributed by atoms with E-state index in [2.05, 4.69) is 0 Å². The molecule has 0 aromatic rings. The third-order valence-corrected chi connectivity index (χ3v) is 11.3. The molecule has 7 heteroatoms. The van der Waals surface area contributed by atoms with Gasteiger partial charge in [0.05, 0.1) is 0 Å².